The standard InChI is InChI=1S/C19H20N4O4S2/c1-13-3-7-15(8-4-13)17(24)21-18-22-23-19(28-18)29(25,26)20-12-11-14-5-9-16(27-2)10-6-14/h3-10,20H,11-12H2,1-2H3,(H,21,22,24). The minimum absolute atomic E-state index is 0.117. The summed E-state index contributed by atoms with van der Waals surface area (Å²) >= 11 is 0.796. The number of carbonyl (C=O) groups excluding carboxylic acids is 1. The average Bonchev–Trinajstić information content (AvgIpc) is 3.18. The van der Waals surface area contributed by atoms with Crippen LogP contribution in [0.4, 0.5) is 5.13 Å². The van der Waals surface area contributed by atoms with Gasteiger partial charge in [0.25, 0.3) is 15.9 Å². The molecule has 0 atom stereocenters. The van der Waals surface area contributed by atoms with Crippen molar-refractivity contribution in [3.05, 3.63) is 65.2 Å². The van der Waals surface area contributed by atoms with Gasteiger partial charge >= 0.3 is 0 Å². The topological polar surface area (TPSA) is 110 Å². The highest BCUT2D eigenvalue weighted by molar-refractivity contribution is 7.91. The fourth-order valence-corrected chi connectivity index (χ4v) is 4.39. The van der Waals surface area contributed by atoms with E-state index >= 15 is 0 Å². The molecule has 152 valence electrons. The Labute approximate surface area is 173 Å². The van der Waals surface area contributed by atoms with Crippen molar-refractivity contribution in [2.45, 2.75) is 17.7 Å². The maximum absolute atomic E-state index is 12.4. The molecule has 0 unspecified atom stereocenters. The second-order valence-corrected chi connectivity index (χ2v) is 9.11. The van der Waals surface area contributed by atoms with Crippen LogP contribution >= 0.6 is 11.3 Å². The quantitative estimate of drug-likeness (QED) is 0.530. The van der Waals surface area contributed by atoms with E-state index in [-0.39, 0.29) is 21.9 Å². The van der Waals surface area contributed by atoms with Gasteiger partial charge in [0.2, 0.25) is 9.47 Å². The number of hydrogen-bond acceptors (Lipinski definition) is 7. The Morgan fingerprint density at radius 2 is 1.76 bits per heavy atom. The van der Waals surface area contributed by atoms with Gasteiger partial charge in [0, 0.05) is 12.1 Å². The van der Waals surface area contributed by atoms with Crippen molar-refractivity contribution in [3.8, 4) is 5.75 Å². The Hall–Kier alpha value is -2.82. The molecule has 1 heterocycles. The fourth-order valence-electron chi connectivity index (χ4n) is 2.43. The number of benzene rings is 2. The van der Waals surface area contributed by atoms with Gasteiger partial charge < -0.3 is 4.74 Å². The van der Waals surface area contributed by atoms with Gasteiger partial charge in [-0.15, -0.1) is 10.2 Å². The molecule has 0 spiro atoms. The van der Waals surface area contributed by atoms with Gasteiger partial charge in [0.1, 0.15) is 5.75 Å². The molecular weight excluding hydrogens is 412 g/mol. The van der Waals surface area contributed by atoms with Crippen LogP contribution in [0.3, 0.4) is 0 Å². The fraction of sp³-hybridized carbons (Fsp3) is 0.211. The van der Waals surface area contributed by atoms with Gasteiger partial charge in [-0.2, -0.15) is 0 Å². The van der Waals surface area contributed by atoms with E-state index in [1.165, 1.54) is 0 Å². The number of aryl methyl sites for hydroxylation is 1. The first-order valence-corrected chi connectivity index (χ1v) is 11.0. The predicted octanol–water partition coefficient (Wildman–Crippen LogP) is 2.63. The third-order valence-corrected chi connectivity index (χ3v) is 6.70. The molecular formula is C19H20N4O4S2. The highest BCUT2D eigenvalue weighted by Gasteiger charge is 2.20. The summed E-state index contributed by atoms with van der Waals surface area (Å²) in [6.45, 7) is 2.13. The van der Waals surface area contributed by atoms with E-state index in [0.717, 1.165) is 28.2 Å². The van der Waals surface area contributed by atoms with Crippen LogP contribution in [0.25, 0.3) is 0 Å². The molecule has 8 nitrogen and oxygen atoms in total. The zero-order valence-corrected chi connectivity index (χ0v) is 17.5. The lowest BCUT2D eigenvalue weighted by Gasteiger charge is -2.05. The van der Waals surface area contributed by atoms with E-state index in [9.17, 15) is 13.2 Å². The van der Waals surface area contributed by atoms with Crippen LogP contribution in [-0.2, 0) is 16.4 Å². The van der Waals surface area contributed by atoms with Crippen molar-refractivity contribution in [2.75, 3.05) is 19.0 Å². The summed E-state index contributed by atoms with van der Waals surface area (Å²) in [5, 5.41) is 10.1. The number of hydrogen-bond donors (Lipinski definition) is 2. The van der Waals surface area contributed by atoms with Crippen molar-refractivity contribution in [1.82, 2.24) is 14.9 Å². The molecule has 0 aliphatic rings. The number of amides is 1. The van der Waals surface area contributed by atoms with Gasteiger partial charge in [0.05, 0.1) is 7.11 Å². The zero-order chi connectivity index (χ0) is 20.9. The smallest absolute Gasteiger partial charge is 0.269 e. The maximum Gasteiger partial charge on any atom is 0.269 e. The Morgan fingerprint density at radius 3 is 2.41 bits per heavy atom. The van der Waals surface area contributed by atoms with Gasteiger partial charge in [-0.25, -0.2) is 13.1 Å². The summed E-state index contributed by atoms with van der Waals surface area (Å²) < 4.78 is 32.2. The van der Waals surface area contributed by atoms with Gasteiger partial charge in [-0.1, -0.05) is 41.2 Å². The zero-order valence-electron chi connectivity index (χ0n) is 15.9. The number of methoxy groups -OCH3 is 1. The SMILES string of the molecule is COc1ccc(CCNS(=O)(=O)c2nnc(NC(=O)c3ccc(C)cc3)s2)cc1. The summed E-state index contributed by atoms with van der Waals surface area (Å²) in [6.07, 6.45) is 0.513. The van der Waals surface area contributed by atoms with E-state index in [0.29, 0.717) is 12.0 Å². The lowest BCUT2D eigenvalue weighted by molar-refractivity contribution is 0.102. The number of carbonyl (C=O) groups is 1. The molecule has 0 aliphatic heterocycles. The molecule has 0 aliphatic carbocycles. The number of ether oxygens (including phenoxy) is 1. The molecule has 1 aromatic heterocycles. The molecule has 2 aromatic carbocycles. The molecule has 3 rings (SSSR count). The van der Waals surface area contributed by atoms with E-state index in [4.69, 9.17) is 4.74 Å². The third-order valence-electron chi connectivity index (χ3n) is 4.04. The van der Waals surface area contributed by atoms with Crippen LogP contribution in [0.1, 0.15) is 21.5 Å². The maximum atomic E-state index is 12.4. The lowest BCUT2D eigenvalue weighted by Crippen LogP contribution is -2.25. The molecule has 1 amide bonds. The first-order chi connectivity index (χ1) is 13.9. The largest absolute Gasteiger partial charge is 0.497 e. The first kappa shape index (κ1) is 20.9. The van der Waals surface area contributed by atoms with Crippen LogP contribution in [0, 0.1) is 6.92 Å². The van der Waals surface area contributed by atoms with Crippen LogP contribution in [-0.4, -0.2) is 38.2 Å². The lowest BCUT2D eigenvalue weighted by atomic mass is 10.1. The summed E-state index contributed by atoms with van der Waals surface area (Å²) in [4.78, 5) is 12.2. The van der Waals surface area contributed by atoms with Crippen LogP contribution < -0.4 is 14.8 Å². The van der Waals surface area contributed by atoms with Crippen molar-refractivity contribution in [3.63, 3.8) is 0 Å². The molecule has 0 saturated carbocycles. The van der Waals surface area contributed by atoms with Crippen molar-refractivity contribution in [1.29, 1.82) is 0 Å². The monoisotopic (exact) mass is 432 g/mol. The number of aromatic nitrogens is 2. The van der Waals surface area contributed by atoms with E-state index in [1.54, 1.807) is 19.2 Å². The molecule has 0 saturated heterocycles. The molecule has 3 aromatic rings. The first-order valence-electron chi connectivity index (χ1n) is 8.71. The molecule has 29 heavy (non-hydrogen) atoms. The average molecular weight is 433 g/mol. The van der Waals surface area contributed by atoms with Crippen LogP contribution in [0.2, 0.25) is 0 Å². The van der Waals surface area contributed by atoms with Gasteiger partial charge in [-0.3, -0.25) is 10.1 Å². The highest BCUT2D eigenvalue weighted by Crippen LogP contribution is 2.20. The number of rotatable bonds is 8. The van der Waals surface area contributed by atoms with Gasteiger partial charge in [-0.05, 0) is 43.2 Å². The summed E-state index contributed by atoms with van der Waals surface area (Å²) in [5.41, 5.74) is 2.45. The minimum Gasteiger partial charge on any atom is -0.497 e. The number of sulfonamides is 1. The summed E-state index contributed by atoms with van der Waals surface area (Å²) in [6, 6.07) is 14.4. The van der Waals surface area contributed by atoms with Crippen molar-refractivity contribution >= 4 is 32.4 Å². The number of nitrogens with zero attached hydrogens (tertiary/aromatic N) is 2. The minimum atomic E-state index is -3.81. The van der Waals surface area contributed by atoms with Crippen molar-refractivity contribution in [2.24, 2.45) is 0 Å². The molecule has 0 fully saturated rings. The predicted molar refractivity (Wildman–Crippen MR) is 111 cm³/mol. The Bertz CT molecular complexity index is 1080. The Kier molecular flexibility index (Phi) is 6.57. The van der Waals surface area contributed by atoms with E-state index in [1.807, 2.05) is 43.3 Å². The molecule has 10 heteroatoms. The highest BCUT2D eigenvalue weighted by atomic mass is 32.2. The van der Waals surface area contributed by atoms with Crippen molar-refractivity contribution < 1.29 is 17.9 Å². The third kappa shape index (κ3) is 5.59. The van der Waals surface area contributed by atoms with Crippen LogP contribution in [0.15, 0.2) is 52.9 Å². The van der Waals surface area contributed by atoms with Crippen LogP contribution in [0.5, 0.6) is 5.75 Å². The second-order valence-electron chi connectivity index (χ2n) is 6.19. The number of anilines is 1. The second kappa shape index (κ2) is 9.12. The normalized spacial score (nSPS) is 11.2. The molecule has 0 bridgehead atoms. The Morgan fingerprint density at radius 1 is 1.07 bits per heavy atom. The van der Waals surface area contributed by atoms with Gasteiger partial charge in [0.15, 0.2) is 0 Å². The Balaban J connectivity index is 1.57. The van der Waals surface area contributed by atoms with E-state index < -0.39 is 10.0 Å². The van der Waals surface area contributed by atoms with E-state index in [2.05, 4.69) is 20.2 Å². The molecule has 0 radical (unpaired) electrons. The number of nitrogens with one attached hydrogen (secondary N) is 2. The molecule has 2 N–H and O–H groups in total. The summed E-state index contributed by atoms with van der Waals surface area (Å²) in [7, 11) is -2.22. The summed E-state index contributed by atoms with van der Waals surface area (Å²) in [5.74, 6) is 0.362.